The number of hydrogen-bond acceptors (Lipinski definition) is 2. The predicted molar refractivity (Wildman–Crippen MR) is 82.8 cm³/mol. The van der Waals surface area contributed by atoms with Gasteiger partial charge in [-0.25, -0.2) is 4.79 Å². The number of likely N-dealkylation sites (tertiary alicyclic amines) is 1. The number of carbonyl (C=O) groups excluding carboxylic acids is 1. The number of piperidine rings is 1. The quantitative estimate of drug-likeness (QED) is 0.887. The Labute approximate surface area is 121 Å². The number of benzene rings is 1. The first kappa shape index (κ1) is 14.9. The van der Waals surface area contributed by atoms with Crippen molar-refractivity contribution in [2.75, 3.05) is 25.0 Å². The molecule has 2 amide bonds. The van der Waals surface area contributed by atoms with E-state index in [0.29, 0.717) is 5.92 Å². The smallest absolute Gasteiger partial charge is 0.321 e. The molecule has 1 saturated heterocycles. The van der Waals surface area contributed by atoms with Crippen LogP contribution in [0.25, 0.3) is 0 Å². The van der Waals surface area contributed by atoms with Crippen LogP contribution in [0.3, 0.4) is 0 Å². The molecule has 1 atom stereocenters. The molecule has 4 nitrogen and oxygen atoms in total. The lowest BCUT2D eigenvalue weighted by molar-refractivity contribution is 0.182. The average Bonchev–Trinajstić information content (AvgIpc) is 2.46. The maximum absolute atomic E-state index is 12.2. The highest BCUT2D eigenvalue weighted by molar-refractivity contribution is 5.89. The van der Waals surface area contributed by atoms with Gasteiger partial charge in [0.25, 0.3) is 0 Å². The number of urea groups is 1. The molecule has 1 unspecified atom stereocenters. The third-order valence-electron chi connectivity index (χ3n) is 3.73. The zero-order chi connectivity index (χ0) is 14.4. The predicted octanol–water partition coefficient (Wildman–Crippen LogP) is 3.06. The summed E-state index contributed by atoms with van der Waals surface area (Å²) in [6.45, 7) is 7.86. The fourth-order valence-electron chi connectivity index (χ4n) is 2.55. The van der Waals surface area contributed by atoms with Crippen molar-refractivity contribution >= 4 is 11.7 Å². The molecule has 1 aromatic carbocycles. The van der Waals surface area contributed by atoms with Crippen LogP contribution in [0.5, 0.6) is 0 Å². The van der Waals surface area contributed by atoms with E-state index >= 15 is 0 Å². The van der Waals surface area contributed by atoms with E-state index in [4.69, 9.17) is 0 Å². The summed E-state index contributed by atoms with van der Waals surface area (Å²) < 4.78 is 0. The second-order valence-corrected chi connectivity index (χ2v) is 5.60. The molecule has 1 aromatic rings. The van der Waals surface area contributed by atoms with Crippen LogP contribution in [-0.2, 0) is 6.54 Å². The maximum Gasteiger partial charge on any atom is 0.321 e. The molecule has 110 valence electrons. The van der Waals surface area contributed by atoms with Gasteiger partial charge in [-0.05, 0) is 43.0 Å². The minimum Gasteiger partial charge on any atom is -0.324 e. The first-order chi connectivity index (χ1) is 9.69. The van der Waals surface area contributed by atoms with Gasteiger partial charge in [0.05, 0.1) is 0 Å². The highest BCUT2D eigenvalue weighted by Gasteiger charge is 2.20. The molecule has 0 radical (unpaired) electrons. The normalized spacial score (nSPS) is 18.9. The number of nitrogens with zero attached hydrogens (tertiary/aromatic N) is 1. The molecule has 1 aliphatic rings. The van der Waals surface area contributed by atoms with Crippen molar-refractivity contribution in [3.8, 4) is 0 Å². The van der Waals surface area contributed by atoms with Gasteiger partial charge in [0.15, 0.2) is 0 Å². The molecule has 0 spiro atoms. The number of amides is 2. The Hall–Kier alpha value is -1.55. The first-order valence-electron chi connectivity index (χ1n) is 7.54. The van der Waals surface area contributed by atoms with Gasteiger partial charge < -0.3 is 15.5 Å². The summed E-state index contributed by atoms with van der Waals surface area (Å²) in [5, 5.41) is 6.27. The molecular formula is C16H25N3O. The third-order valence-corrected chi connectivity index (χ3v) is 3.73. The summed E-state index contributed by atoms with van der Waals surface area (Å²) in [5.41, 5.74) is 2.10. The van der Waals surface area contributed by atoms with Crippen molar-refractivity contribution in [3.05, 3.63) is 29.8 Å². The lowest BCUT2D eigenvalue weighted by Gasteiger charge is -2.30. The summed E-state index contributed by atoms with van der Waals surface area (Å²) in [4.78, 5) is 14.1. The second kappa shape index (κ2) is 7.29. The van der Waals surface area contributed by atoms with Gasteiger partial charge in [-0.3, -0.25) is 0 Å². The second-order valence-electron chi connectivity index (χ2n) is 5.60. The summed E-state index contributed by atoms with van der Waals surface area (Å²) in [6, 6.07) is 8.07. The van der Waals surface area contributed by atoms with Crippen molar-refractivity contribution in [3.63, 3.8) is 0 Å². The minimum absolute atomic E-state index is 0.0241. The van der Waals surface area contributed by atoms with E-state index in [9.17, 15) is 4.79 Å². The van der Waals surface area contributed by atoms with Crippen LogP contribution in [0.4, 0.5) is 10.5 Å². The van der Waals surface area contributed by atoms with E-state index in [1.165, 1.54) is 12.0 Å². The van der Waals surface area contributed by atoms with Gasteiger partial charge in [0.2, 0.25) is 0 Å². The molecule has 4 heteroatoms. The zero-order valence-electron chi connectivity index (χ0n) is 12.5. The number of carbonyl (C=O) groups is 1. The highest BCUT2D eigenvalue weighted by Crippen LogP contribution is 2.17. The molecule has 0 aliphatic carbocycles. The van der Waals surface area contributed by atoms with Crippen LogP contribution >= 0.6 is 0 Å². The Bertz CT molecular complexity index is 430. The van der Waals surface area contributed by atoms with E-state index in [2.05, 4.69) is 36.6 Å². The first-order valence-corrected chi connectivity index (χ1v) is 7.54. The van der Waals surface area contributed by atoms with E-state index in [-0.39, 0.29) is 6.03 Å². The molecule has 1 fully saturated rings. The molecule has 20 heavy (non-hydrogen) atoms. The van der Waals surface area contributed by atoms with Crippen molar-refractivity contribution in [1.82, 2.24) is 10.2 Å². The van der Waals surface area contributed by atoms with E-state index in [0.717, 1.165) is 38.3 Å². The Balaban J connectivity index is 1.87. The third kappa shape index (κ3) is 4.23. The van der Waals surface area contributed by atoms with Crippen molar-refractivity contribution in [2.24, 2.45) is 5.92 Å². The molecular weight excluding hydrogens is 250 g/mol. The molecule has 0 aromatic heterocycles. The van der Waals surface area contributed by atoms with Crippen molar-refractivity contribution in [2.45, 2.75) is 33.2 Å². The Morgan fingerprint density at radius 2 is 2.10 bits per heavy atom. The lowest BCUT2D eigenvalue weighted by Crippen LogP contribution is -2.41. The Morgan fingerprint density at radius 3 is 2.75 bits per heavy atom. The van der Waals surface area contributed by atoms with Crippen molar-refractivity contribution in [1.29, 1.82) is 0 Å². The Morgan fingerprint density at radius 1 is 1.35 bits per heavy atom. The zero-order valence-corrected chi connectivity index (χ0v) is 12.5. The number of hydrogen-bond donors (Lipinski definition) is 2. The molecule has 1 aliphatic heterocycles. The summed E-state index contributed by atoms with van der Waals surface area (Å²) >= 11 is 0. The molecule has 1 heterocycles. The standard InChI is InChI=1S/C16H25N3O/c1-3-17-11-14-6-8-15(9-7-14)18-16(20)19-10-4-5-13(2)12-19/h6-9,13,17H,3-5,10-12H2,1-2H3,(H,18,20). The fraction of sp³-hybridized carbons (Fsp3) is 0.562. The van der Waals surface area contributed by atoms with Crippen LogP contribution in [0.2, 0.25) is 0 Å². The lowest BCUT2D eigenvalue weighted by atomic mass is 10.0. The SMILES string of the molecule is CCNCc1ccc(NC(=O)N2CCCC(C)C2)cc1. The largest absolute Gasteiger partial charge is 0.324 e. The van der Waals surface area contributed by atoms with Crippen LogP contribution < -0.4 is 10.6 Å². The number of rotatable bonds is 4. The highest BCUT2D eigenvalue weighted by atomic mass is 16.2. The van der Waals surface area contributed by atoms with Crippen LogP contribution in [0.1, 0.15) is 32.3 Å². The maximum atomic E-state index is 12.2. The number of anilines is 1. The van der Waals surface area contributed by atoms with Gasteiger partial charge >= 0.3 is 6.03 Å². The van der Waals surface area contributed by atoms with Gasteiger partial charge in [-0.1, -0.05) is 26.0 Å². The molecule has 0 bridgehead atoms. The molecule has 2 rings (SSSR count). The molecule has 0 saturated carbocycles. The monoisotopic (exact) mass is 275 g/mol. The average molecular weight is 275 g/mol. The minimum atomic E-state index is 0.0241. The van der Waals surface area contributed by atoms with E-state index in [1.54, 1.807) is 0 Å². The Kier molecular flexibility index (Phi) is 5.41. The van der Waals surface area contributed by atoms with Gasteiger partial charge in [0, 0.05) is 25.3 Å². The summed E-state index contributed by atoms with van der Waals surface area (Å²) in [6.07, 6.45) is 2.33. The number of nitrogens with one attached hydrogen (secondary N) is 2. The fourth-order valence-corrected chi connectivity index (χ4v) is 2.55. The van der Waals surface area contributed by atoms with Crippen LogP contribution in [0.15, 0.2) is 24.3 Å². The van der Waals surface area contributed by atoms with Gasteiger partial charge in [-0.2, -0.15) is 0 Å². The molecule has 2 N–H and O–H groups in total. The van der Waals surface area contributed by atoms with Crippen LogP contribution in [-0.4, -0.2) is 30.6 Å². The van der Waals surface area contributed by atoms with E-state index in [1.807, 2.05) is 17.0 Å². The van der Waals surface area contributed by atoms with E-state index < -0.39 is 0 Å². The van der Waals surface area contributed by atoms with Gasteiger partial charge in [-0.15, -0.1) is 0 Å². The van der Waals surface area contributed by atoms with Crippen molar-refractivity contribution < 1.29 is 4.79 Å². The topological polar surface area (TPSA) is 44.4 Å². The summed E-state index contributed by atoms with van der Waals surface area (Å²) in [7, 11) is 0. The summed E-state index contributed by atoms with van der Waals surface area (Å²) in [5.74, 6) is 0.608. The van der Waals surface area contributed by atoms with Gasteiger partial charge in [0.1, 0.15) is 0 Å². The van der Waals surface area contributed by atoms with Crippen LogP contribution in [0, 0.1) is 5.92 Å².